The largest absolute Gasteiger partial charge is 0.480 e. The number of carbonyl (C=O) groups excluding carboxylic acids is 2. The van der Waals surface area contributed by atoms with Crippen molar-refractivity contribution in [2.45, 2.75) is 44.4 Å². The average Bonchev–Trinajstić information content (AvgIpc) is 3.21. The number of ketones is 2. The molecule has 0 N–H and O–H groups in total. The van der Waals surface area contributed by atoms with Gasteiger partial charge in [0.1, 0.15) is 23.2 Å². The van der Waals surface area contributed by atoms with Gasteiger partial charge in [-0.25, -0.2) is 0 Å². The molecule has 0 heterocycles. The Hall–Kier alpha value is -1.21. The van der Waals surface area contributed by atoms with Crippen molar-refractivity contribution in [1.29, 1.82) is 0 Å². The second-order valence-corrected chi connectivity index (χ2v) is 6.30. The summed E-state index contributed by atoms with van der Waals surface area (Å²) in [6, 6.07) is 5.80. The summed E-state index contributed by atoms with van der Waals surface area (Å²) < 4.78 is 5.19. The first-order chi connectivity index (χ1) is 9.60. The number of carbonyl (C=O) groups is 2. The van der Waals surface area contributed by atoms with Crippen molar-refractivity contribution in [2.75, 3.05) is 0 Å². The highest BCUT2D eigenvalue weighted by Gasteiger charge is 2.38. The van der Waals surface area contributed by atoms with E-state index in [0.717, 1.165) is 24.0 Å². The van der Waals surface area contributed by atoms with E-state index in [1.165, 1.54) is 0 Å². The molecule has 20 heavy (non-hydrogen) atoms. The second-order valence-electron chi connectivity index (χ2n) is 6.06. The maximum atomic E-state index is 12.3. The molecule has 3 rings (SSSR count). The molecule has 0 aromatic heterocycles. The van der Waals surface area contributed by atoms with Gasteiger partial charge in [0.05, 0.1) is 9.47 Å². The van der Waals surface area contributed by atoms with Gasteiger partial charge in [0.15, 0.2) is 0 Å². The Labute approximate surface area is 121 Å². The molecular weight excluding hydrogens is 271 g/mol. The molecule has 1 aromatic rings. The lowest BCUT2D eigenvalue weighted by molar-refractivity contribution is -0.133. The van der Waals surface area contributed by atoms with E-state index in [9.17, 15) is 9.59 Å². The van der Waals surface area contributed by atoms with Gasteiger partial charge >= 0.3 is 0 Å². The van der Waals surface area contributed by atoms with Crippen LogP contribution in [-0.2, 0) is 9.59 Å². The molecule has 0 amide bonds. The van der Waals surface area contributed by atoms with Crippen LogP contribution in [0.1, 0.15) is 55.6 Å². The maximum absolute atomic E-state index is 12.3. The van der Waals surface area contributed by atoms with E-state index in [0.29, 0.717) is 24.5 Å². The molecule has 1 atom stereocenters. The molecule has 1 unspecified atom stereocenters. The minimum atomic E-state index is -0.568. The molecule has 2 saturated carbocycles. The van der Waals surface area contributed by atoms with Crippen LogP contribution in [0.15, 0.2) is 18.2 Å². The zero-order valence-corrected chi connectivity index (χ0v) is 12.7. The van der Waals surface area contributed by atoms with E-state index in [4.69, 9.17) is 4.52 Å². The van der Waals surface area contributed by atoms with Crippen molar-refractivity contribution < 1.29 is 14.1 Å². The lowest BCUT2D eigenvalue weighted by Gasteiger charge is -2.26. The average molecular weight is 290 g/mol. The van der Waals surface area contributed by atoms with Crippen LogP contribution in [0.3, 0.4) is 0 Å². The van der Waals surface area contributed by atoms with Crippen LogP contribution >= 0.6 is 9.47 Å². The van der Waals surface area contributed by atoms with Crippen molar-refractivity contribution >= 4 is 21.0 Å². The van der Waals surface area contributed by atoms with Crippen LogP contribution in [0.2, 0.25) is 0 Å². The molecule has 0 aliphatic heterocycles. The molecule has 2 aliphatic carbocycles. The van der Waals surface area contributed by atoms with Gasteiger partial charge in [-0.15, -0.1) is 0 Å². The minimum absolute atomic E-state index is 0.0663. The second kappa shape index (κ2) is 5.29. The molecule has 0 bridgehead atoms. The molecule has 4 heteroatoms. The fraction of sp³-hybridized carbons (Fsp3) is 0.500. The highest BCUT2D eigenvalue weighted by atomic mass is 31.0. The van der Waals surface area contributed by atoms with Crippen molar-refractivity contribution in [1.82, 2.24) is 0 Å². The van der Waals surface area contributed by atoms with Crippen molar-refractivity contribution in [3.63, 3.8) is 0 Å². The molecule has 2 fully saturated rings. The Morgan fingerprint density at radius 2 is 1.75 bits per heavy atom. The van der Waals surface area contributed by atoms with Crippen LogP contribution in [0, 0.1) is 5.92 Å². The number of hydrogen-bond acceptors (Lipinski definition) is 3. The molecule has 0 radical (unpaired) electrons. The zero-order valence-electron chi connectivity index (χ0n) is 11.6. The van der Waals surface area contributed by atoms with Gasteiger partial charge in [-0.2, -0.15) is 0 Å². The highest BCUT2D eigenvalue weighted by Crippen LogP contribution is 2.45. The summed E-state index contributed by atoms with van der Waals surface area (Å²) >= 11 is 0. The smallest absolute Gasteiger partial charge is 0.148 e. The molecule has 1 aromatic carbocycles. The van der Waals surface area contributed by atoms with Crippen molar-refractivity contribution in [3.05, 3.63) is 29.3 Å². The van der Waals surface area contributed by atoms with Crippen LogP contribution in [-0.4, -0.2) is 11.6 Å². The van der Waals surface area contributed by atoms with Gasteiger partial charge < -0.3 is 4.52 Å². The minimum Gasteiger partial charge on any atom is -0.480 e. The van der Waals surface area contributed by atoms with E-state index >= 15 is 0 Å². The van der Waals surface area contributed by atoms with Gasteiger partial charge in [0, 0.05) is 12.8 Å². The van der Waals surface area contributed by atoms with Gasteiger partial charge in [-0.05, 0) is 47.9 Å². The summed E-state index contributed by atoms with van der Waals surface area (Å²) in [6.07, 6.45) is 3.32. The Morgan fingerprint density at radius 3 is 2.30 bits per heavy atom. The fourth-order valence-corrected chi connectivity index (χ4v) is 3.31. The number of benzene rings is 1. The molecule has 0 saturated heterocycles. The molecule has 2 aliphatic rings. The summed E-state index contributed by atoms with van der Waals surface area (Å²) in [6.45, 7) is 1.97. The molecule has 106 valence electrons. The summed E-state index contributed by atoms with van der Waals surface area (Å²) in [4.78, 5) is 24.7. The van der Waals surface area contributed by atoms with Crippen molar-refractivity contribution in [3.8, 4) is 5.75 Å². The maximum Gasteiger partial charge on any atom is 0.148 e. The van der Waals surface area contributed by atoms with Gasteiger partial charge in [-0.3, -0.25) is 9.59 Å². The van der Waals surface area contributed by atoms with E-state index in [2.05, 4.69) is 9.47 Å². The van der Waals surface area contributed by atoms with Crippen LogP contribution in [0.4, 0.5) is 0 Å². The Kier molecular flexibility index (Phi) is 3.64. The number of hydrogen-bond donors (Lipinski definition) is 0. The van der Waals surface area contributed by atoms with Gasteiger partial charge in [0.2, 0.25) is 0 Å². The van der Waals surface area contributed by atoms with Gasteiger partial charge in [0.25, 0.3) is 0 Å². The quantitative estimate of drug-likeness (QED) is 0.633. The summed E-state index contributed by atoms with van der Waals surface area (Å²) in [7, 11) is 2.21. The summed E-state index contributed by atoms with van der Waals surface area (Å²) in [5.74, 6) is 0.948. The standard InChI is InChI=1S/C16H19O3P/c1-9-6-14(17)16(15(18)7-9)13-8-11(19-20)4-5-12(13)10-2-3-10/h4-5,8-10,16H,2-3,6-7,20H2,1H3. The third kappa shape index (κ3) is 2.52. The zero-order chi connectivity index (χ0) is 14.3. The third-order valence-electron chi connectivity index (χ3n) is 4.27. The van der Waals surface area contributed by atoms with Crippen LogP contribution in [0.25, 0.3) is 0 Å². The first kappa shape index (κ1) is 13.8. The van der Waals surface area contributed by atoms with E-state index in [1.807, 2.05) is 25.1 Å². The van der Waals surface area contributed by atoms with E-state index in [1.54, 1.807) is 0 Å². The van der Waals surface area contributed by atoms with E-state index < -0.39 is 5.92 Å². The molecule has 3 nitrogen and oxygen atoms in total. The monoisotopic (exact) mass is 290 g/mol. The van der Waals surface area contributed by atoms with Crippen molar-refractivity contribution in [2.24, 2.45) is 5.92 Å². The lowest BCUT2D eigenvalue weighted by Crippen LogP contribution is -2.31. The predicted molar refractivity (Wildman–Crippen MR) is 79.9 cm³/mol. The highest BCUT2D eigenvalue weighted by molar-refractivity contribution is 7.10. The lowest BCUT2D eigenvalue weighted by atomic mass is 9.75. The molecule has 0 spiro atoms. The van der Waals surface area contributed by atoms with Gasteiger partial charge in [-0.1, -0.05) is 13.0 Å². The molecular formula is C16H19O3P. The predicted octanol–water partition coefficient (Wildman–Crippen LogP) is 3.38. The Balaban J connectivity index is 2.02. The van der Waals surface area contributed by atoms with Crippen LogP contribution < -0.4 is 4.52 Å². The van der Waals surface area contributed by atoms with E-state index in [-0.39, 0.29) is 17.5 Å². The fourth-order valence-electron chi connectivity index (χ4n) is 3.16. The number of Topliss-reactive ketones (excluding diaryl/α,β-unsaturated/α-hetero) is 2. The summed E-state index contributed by atoms with van der Waals surface area (Å²) in [5.41, 5.74) is 2.05. The third-order valence-corrected chi connectivity index (χ3v) is 4.54. The topological polar surface area (TPSA) is 43.4 Å². The SMILES string of the molecule is CC1CC(=O)C(c2cc(OP)ccc2C2CC2)C(=O)C1. The van der Waals surface area contributed by atoms with Crippen LogP contribution in [0.5, 0.6) is 5.75 Å². The first-order valence-corrected chi connectivity index (χ1v) is 7.63. The number of rotatable bonds is 3. The normalized spacial score (nSPS) is 26.7. The Morgan fingerprint density at radius 1 is 1.10 bits per heavy atom. The first-order valence-electron chi connectivity index (χ1n) is 7.16. The summed E-state index contributed by atoms with van der Waals surface area (Å²) in [5, 5.41) is 0. The Bertz CT molecular complexity index is 545.